The van der Waals surface area contributed by atoms with Gasteiger partial charge < -0.3 is 4.90 Å². The van der Waals surface area contributed by atoms with Gasteiger partial charge in [0.2, 0.25) is 10.0 Å². The molecule has 1 fully saturated rings. The first-order valence-electron chi connectivity index (χ1n) is 11.9. The minimum absolute atomic E-state index is 0.211. The van der Waals surface area contributed by atoms with Crippen LogP contribution in [0.1, 0.15) is 42.5 Å². The van der Waals surface area contributed by atoms with Crippen molar-refractivity contribution in [2.45, 2.75) is 37.0 Å². The van der Waals surface area contributed by atoms with Crippen LogP contribution in [-0.2, 0) is 10.0 Å². The summed E-state index contributed by atoms with van der Waals surface area (Å²) in [6.07, 6.45) is 4.64. The molecule has 7 nitrogen and oxygen atoms in total. The van der Waals surface area contributed by atoms with Gasteiger partial charge in [-0.1, -0.05) is 41.8 Å². The molecule has 4 rings (SSSR count). The lowest BCUT2D eigenvalue weighted by atomic mass is 10.2. The number of nitrogens with zero attached hydrogens (tertiary/aromatic N) is 4. The van der Waals surface area contributed by atoms with Crippen molar-refractivity contribution < 1.29 is 13.2 Å². The predicted molar refractivity (Wildman–Crippen MR) is 143 cm³/mol. The number of hydrogen-bond donors (Lipinski definition) is 0. The van der Waals surface area contributed by atoms with E-state index in [-0.39, 0.29) is 10.8 Å². The lowest BCUT2D eigenvalue weighted by Gasteiger charge is -2.22. The van der Waals surface area contributed by atoms with E-state index in [0.717, 1.165) is 43.3 Å². The van der Waals surface area contributed by atoms with Crippen molar-refractivity contribution in [1.82, 2.24) is 14.2 Å². The molecule has 2 aromatic carbocycles. The Morgan fingerprint density at radius 1 is 1.03 bits per heavy atom. The van der Waals surface area contributed by atoms with Crippen molar-refractivity contribution in [3.8, 4) is 0 Å². The summed E-state index contributed by atoms with van der Waals surface area (Å²) in [6, 6.07) is 11.9. The molecule has 188 valence electrons. The topological polar surface area (TPSA) is 73.8 Å². The van der Waals surface area contributed by atoms with Crippen molar-refractivity contribution in [2.75, 3.05) is 45.2 Å². The minimum atomic E-state index is -3.57. The summed E-state index contributed by atoms with van der Waals surface area (Å²) in [7, 11) is 0.418. The number of amides is 1. The van der Waals surface area contributed by atoms with E-state index in [1.807, 2.05) is 26.2 Å². The Hall–Kier alpha value is -2.04. The standard InChI is InChI=1S/C25H31ClN4O3S2/c1-28(2)15-8-18-30(25-27-23-21(26)9-7-10-22(23)34-25)24(31)19-11-13-20(14-12-19)35(32,33)29-16-5-3-4-6-17-29/h7,9-14H,3-6,8,15-18H2,1-2H3. The van der Waals surface area contributed by atoms with Crippen molar-refractivity contribution in [3.05, 3.63) is 53.1 Å². The molecule has 1 aromatic heterocycles. The summed E-state index contributed by atoms with van der Waals surface area (Å²) >= 11 is 7.75. The van der Waals surface area contributed by atoms with E-state index < -0.39 is 10.0 Å². The summed E-state index contributed by atoms with van der Waals surface area (Å²) in [5.74, 6) is -0.211. The molecular formula is C25H31ClN4O3S2. The number of fused-ring (bicyclic) bond motifs is 1. The number of carbonyl (C=O) groups is 1. The van der Waals surface area contributed by atoms with Crippen LogP contribution in [0.5, 0.6) is 0 Å². The number of anilines is 1. The van der Waals surface area contributed by atoms with Crippen LogP contribution >= 0.6 is 22.9 Å². The first-order valence-corrected chi connectivity index (χ1v) is 14.5. The summed E-state index contributed by atoms with van der Waals surface area (Å²) in [6.45, 7) is 2.40. The number of sulfonamides is 1. The van der Waals surface area contributed by atoms with E-state index >= 15 is 0 Å². The Morgan fingerprint density at radius 3 is 2.34 bits per heavy atom. The number of hydrogen-bond acceptors (Lipinski definition) is 6. The van der Waals surface area contributed by atoms with E-state index in [1.165, 1.54) is 11.3 Å². The Kier molecular flexibility index (Phi) is 8.44. The van der Waals surface area contributed by atoms with Gasteiger partial charge in [0, 0.05) is 25.2 Å². The maximum atomic E-state index is 13.6. The highest BCUT2D eigenvalue weighted by atomic mass is 35.5. The molecule has 0 spiro atoms. The molecule has 1 saturated heterocycles. The Labute approximate surface area is 216 Å². The fourth-order valence-electron chi connectivity index (χ4n) is 4.20. The number of halogens is 1. The quantitative estimate of drug-likeness (QED) is 0.401. The average Bonchev–Trinajstić information content (AvgIpc) is 3.07. The fourth-order valence-corrected chi connectivity index (χ4v) is 7.01. The molecule has 0 aliphatic carbocycles. The number of aromatic nitrogens is 1. The van der Waals surface area contributed by atoms with Crippen LogP contribution in [0.25, 0.3) is 10.2 Å². The van der Waals surface area contributed by atoms with E-state index in [0.29, 0.717) is 40.9 Å². The highest BCUT2D eigenvalue weighted by molar-refractivity contribution is 7.89. The third-order valence-electron chi connectivity index (χ3n) is 6.13. The molecule has 35 heavy (non-hydrogen) atoms. The normalized spacial score (nSPS) is 15.4. The summed E-state index contributed by atoms with van der Waals surface area (Å²) in [5.41, 5.74) is 1.11. The molecule has 3 aromatic rings. The van der Waals surface area contributed by atoms with E-state index in [9.17, 15) is 13.2 Å². The second-order valence-corrected chi connectivity index (χ2v) is 12.4. The van der Waals surface area contributed by atoms with Gasteiger partial charge in [0.1, 0.15) is 5.52 Å². The zero-order valence-electron chi connectivity index (χ0n) is 20.1. The summed E-state index contributed by atoms with van der Waals surface area (Å²) in [4.78, 5) is 22.2. The Morgan fingerprint density at radius 2 is 1.71 bits per heavy atom. The lowest BCUT2D eigenvalue weighted by Crippen LogP contribution is -2.34. The van der Waals surface area contributed by atoms with Crippen molar-refractivity contribution in [1.29, 1.82) is 0 Å². The van der Waals surface area contributed by atoms with Crippen molar-refractivity contribution in [3.63, 3.8) is 0 Å². The zero-order chi connectivity index (χ0) is 25.0. The molecule has 1 amide bonds. The second-order valence-electron chi connectivity index (χ2n) is 9.04. The SMILES string of the molecule is CN(C)CCCN(C(=O)c1ccc(S(=O)(=O)N2CCCCCC2)cc1)c1nc2c(Cl)cccc2s1. The summed E-state index contributed by atoms with van der Waals surface area (Å²) < 4.78 is 28.7. The molecule has 10 heteroatoms. The van der Waals surface area contributed by atoms with Gasteiger partial charge in [-0.25, -0.2) is 13.4 Å². The van der Waals surface area contributed by atoms with Gasteiger partial charge >= 0.3 is 0 Å². The van der Waals surface area contributed by atoms with Crippen LogP contribution in [0.2, 0.25) is 5.02 Å². The number of thiazole rings is 1. The molecule has 0 saturated carbocycles. The smallest absolute Gasteiger partial charge is 0.260 e. The minimum Gasteiger partial charge on any atom is -0.309 e. The van der Waals surface area contributed by atoms with E-state index in [4.69, 9.17) is 11.6 Å². The molecular weight excluding hydrogens is 504 g/mol. The maximum Gasteiger partial charge on any atom is 0.260 e. The molecule has 2 heterocycles. The molecule has 0 bridgehead atoms. The molecule has 1 aliphatic rings. The molecule has 0 unspecified atom stereocenters. The molecule has 0 N–H and O–H groups in total. The number of carbonyl (C=O) groups excluding carboxylic acids is 1. The van der Waals surface area contributed by atoms with Gasteiger partial charge in [-0.15, -0.1) is 0 Å². The van der Waals surface area contributed by atoms with Gasteiger partial charge in [0.15, 0.2) is 5.13 Å². The van der Waals surface area contributed by atoms with Gasteiger partial charge in [-0.2, -0.15) is 4.31 Å². The maximum absolute atomic E-state index is 13.6. The van der Waals surface area contributed by atoms with Crippen LogP contribution < -0.4 is 4.90 Å². The average molecular weight is 535 g/mol. The third kappa shape index (κ3) is 6.03. The van der Waals surface area contributed by atoms with E-state index in [1.54, 1.807) is 39.5 Å². The zero-order valence-corrected chi connectivity index (χ0v) is 22.5. The van der Waals surface area contributed by atoms with Gasteiger partial charge in [0.05, 0.1) is 14.6 Å². The van der Waals surface area contributed by atoms with Crippen molar-refractivity contribution >= 4 is 54.2 Å². The van der Waals surface area contributed by atoms with Crippen LogP contribution in [-0.4, -0.2) is 68.8 Å². The third-order valence-corrected chi connectivity index (χ3v) is 9.39. The number of benzene rings is 2. The van der Waals surface area contributed by atoms with Crippen LogP contribution in [0, 0.1) is 0 Å². The Balaban J connectivity index is 1.60. The monoisotopic (exact) mass is 534 g/mol. The first-order chi connectivity index (χ1) is 16.8. The second kappa shape index (κ2) is 11.3. The van der Waals surface area contributed by atoms with Gasteiger partial charge in [-0.05, 0) is 76.3 Å². The van der Waals surface area contributed by atoms with Crippen LogP contribution in [0.4, 0.5) is 5.13 Å². The number of para-hydroxylation sites is 1. The molecule has 0 radical (unpaired) electrons. The van der Waals surface area contributed by atoms with Crippen LogP contribution in [0.15, 0.2) is 47.4 Å². The first kappa shape index (κ1) is 26.0. The van der Waals surface area contributed by atoms with Crippen molar-refractivity contribution in [2.24, 2.45) is 0 Å². The van der Waals surface area contributed by atoms with E-state index in [2.05, 4.69) is 9.88 Å². The van der Waals surface area contributed by atoms with Gasteiger partial charge in [0.25, 0.3) is 5.91 Å². The number of rotatable bonds is 8. The molecule has 1 aliphatic heterocycles. The molecule has 0 atom stereocenters. The largest absolute Gasteiger partial charge is 0.309 e. The predicted octanol–water partition coefficient (Wildman–Crippen LogP) is 5.11. The van der Waals surface area contributed by atoms with Crippen LogP contribution in [0.3, 0.4) is 0 Å². The Bertz CT molecular complexity index is 1270. The summed E-state index contributed by atoms with van der Waals surface area (Å²) in [5, 5.41) is 1.13. The lowest BCUT2D eigenvalue weighted by molar-refractivity contribution is 0.0986. The highest BCUT2D eigenvalue weighted by Gasteiger charge is 2.26. The highest BCUT2D eigenvalue weighted by Crippen LogP contribution is 2.33. The van der Waals surface area contributed by atoms with Gasteiger partial charge in [-0.3, -0.25) is 9.69 Å². The fraction of sp³-hybridized carbons (Fsp3) is 0.440.